The maximum absolute atomic E-state index is 13.0. The Bertz CT molecular complexity index is 2350. The summed E-state index contributed by atoms with van der Waals surface area (Å²) in [5, 5.41) is 14.6. The first-order valence-corrected chi connectivity index (χ1v) is 18.6. The zero-order chi connectivity index (χ0) is 39.7. The topological polar surface area (TPSA) is 176 Å². The zero-order valence-electron chi connectivity index (χ0n) is 31.5. The molecule has 5 aromatic rings. The normalized spacial score (nSPS) is 15.3. The van der Waals surface area contributed by atoms with E-state index in [4.69, 9.17) is 28.4 Å². The Hall–Kier alpha value is -6.18. The number of nitrogens with one attached hydrogen (secondary N) is 1. The summed E-state index contributed by atoms with van der Waals surface area (Å²) in [5.74, 6) is -0.728. The number of carbonyl (C=O) groups is 3. The molecule has 294 valence electrons. The van der Waals surface area contributed by atoms with E-state index in [0.717, 1.165) is 37.8 Å². The number of benzene rings is 2. The molecule has 57 heavy (non-hydrogen) atoms. The molecule has 3 amide bonds. The number of rotatable bonds is 19. The zero-order valence-corrected chi connectivity index (χ0v) is 31.5. The monoisotopic (exact) mass is 774 g/mol. The Morgan fingerprint density at radius 1 is 0.772 bits per heavy atom. The number of pyridine rings is 2. The smallest absolute Gasteiger partial charge is 0.262 e. The molecule has 0 saturated carbocycles. The first kappa shape index (κ1) is 39.1. The Morgan fingerprint density at radius 2 is 1.46 bits per heavy atom. The van der Waals surface area contributed by atoms with Crippen molar-refractivity contribution >= 4 is 39.5 Å². The summed E-state index contributed by atoms with van der Waals surface area (Å²) >= 11 is 0. The van der Waals surface area contributed by atoms with E-state index in [0.29, 0.717) is 82.7 Å². The number of nitriles is 1. The first-order valence-electron chi connectivity index (χ1n) is 18.6. The van der Waals surface area contributed by atoms with Crippen molar-refractivity contribution in [1.82, 2.24) is 24.8 Å². The number of aromatic nitrogens is 3. The molecule has 5 heterocycles. The van der Waals surface area contributed by atoms with Crippen molar-refractivity contribution in [3.8, 4) is 28.8 Å². The van der Waals surface area contributed by atoms with Crippen LogP contribution in [0.3, 0.4) is 0 Å². The standard InChI is InChI=1S/C42H42N6O9/c1-27-3-8-37(39(49)46-27)48-41(50)33-7-5-31(23-34(33)42(48)51)56-19-17-54-15-13-52-11-12-53-14-16-55-18-20-57-40-29(24-43)21-30(25-45-40)28-4-6-32-35-26-44-10-9-36(35)47(2)38(32)22-28/h4-7,9-10,21-23,25-26,37H,1,3,8,11-20H2,2H3,(H,46,49). The molecule has 1 N–H and O–H groups in total. The van der Waals surface area contributed by atoms with Crippen molar-refractivity contribution in [2.24, 2.45) is 7.05 Å². The molecule has 0 aliphatic carbocycles. The molecule has 1 saturated heterocycles. The summed E-state index contributed by atoms with van der Waals surface area (Å²) < 4.78 is 35.8. The predicted molar refractivity (Wildman–Crippen MR) is 208 cm³/mol. The van der Waals surface area contributed by atoms with Gasteiger partial charge in [-0.2, -0.15) is 5.26 Å². The number of piperidine rings is 1. The van der Waals surface area contributed by atoms with E-state index in [9.17, 15) is 19.6 Å². The number of hydrogen-bond acceptors (Lipinski definition) is 12. The quantitative estimate of drug-likeness (QED) is 0.0915. The third-order valence-electron chi connectivity index (χ3n) is 9.72. The van der Waals surface area contributed by atoms with E-state index in [-0.39, 0.29) is 30.2 Å². The van der Waals surface area contributed by atoms with E-state index >= 15 is 0 Å². The van der Waals surface area contributed by atoms with Crippen LogP contribution in [0.5, 0.6) is 11.6 Å². The predicted octanol–water partition coefficient (Wildman–Crippen LogP) is 4.57. The van der Waals surface area contributed by atoms with Crippen LogP contribution < -0.4 is 14.8 Å². The molecule has 2 aliphatic rings. The van der Waals surface area contributed by atoms with Gasteiger partial charge in [-0.1, -0.05) is 18.7 Å². The minimum atomic E-state index is -0.862. The molecule has 7 rings (SSSR count). The summed E-state index contributed by atoms with van der Waals surface area (Å²) in [4.78, 5) is 48.0. The highest BCUT2D eigenvalue weighted by molar-refractivity contribution is 6.23. The Morgan fingerprint density at radius 3 is 2.16 bits per heavy atom. The fraction of sp³-hybridized carbons (Fsp3) is 0.333. The van der Waals surface area contributed by atoms with Crippen molar-refractivity contribution in [1.29, 1.82) is 5.26 Å². The van der Waals surface area contributed by atoms with E-state index in [1.54, 1.807) is 30.6 Å². The molecule has 0 spiro atoms. The second-order valence-corrected chi connectivity index (χ2v) is 13.4. The summed E-state index contributed by atoms with van der Waals surface area (Å²) in [6.07, 6.45) is 6.21. The fourth-order valence-electron chi connectivity index (χ4n) is 6.84. The SMILES string of the molecule is C=C1CCC(N2C(=O)c3ccc(OCCOCCOCCOCCOCCOc4ncc(-c5ccc6c7cnccc7n(C)c6c5)cc4C#N)cc3C2=O)C(=O)N1. The number of fused-ring (bicyclic) bond motifs is 4. The summed E-state index contributed by atoms with van der Waals surface area (Å²) in [6, 6.07) is 16.0. The molecule has 1 unspecified atom stereocenters. The van der Waals surface area contributed by atoms with Crippen LogP contribution in [0.25, 0.3) is 32.9 Å². The number of carbonyl (C=O) groups excluding carboxylic acids is 3. The number of hydrogen-bond donors (Lipinski definition) is 1. The maximum Gasteiger partial charge on any atom is 0.262 e. The number of aryl methyl sites for hydroxylation is 1. The van der Waals surface area contributed by atoms with Crippen LogP contribution in [-0.2, 0) is 30.8 Å². The van der Waals surface area contributed by atoms with Crippen molar-refractivity contribution < 1.29 is 42.8 Å². The summed E-state index contributed by atoms with van der Waals surface area (Å²) in [7, 11) is 2.03. The lowest BCUT2D eigenvalue weighted by Crippen LogP contribution is -2.51. The van der Waals surface area contributed by atoms with E-state index in [1.807, 2.05) is 25.4 Å². The van der Waals surface area contributed by atoms with Gasteiger partial charge in [0.25, 0.3) is 11.8 Å². The maximum atomic E-state index is 13.0. The first-order chi connectivity index (χ1) is 27.8. The van der Waals surface area contributed by atoms with Crippen LogP contribution in [-0.4, -0.2) is 109 Å². The van der Waals surface area contributed by atoms with Gasteiger partial charge in [-0.3, -0.25) is 24.3 Å². The van der Waals surface area contributed by atoms with E-state index in [2.05, 4.69) is 44.6 Å². The van der Waals surface area contributed by atoms with Crippen LogP contribution in [0.1, 0.15) is 39.1 Å². The molecule has 2 aromatic carbocycles. The van der Waals surface area contributed by atoms with Gasteiger partial charge >= 0.3 is 0 Å². The Kier molecular flexibility index (Phi) is 12.5. The Balaban J connectivity index is 0.715. The van der Waals surface area contributed by atoms with Gasteiger partial charge in [-0.15, -0.1) is 0 Å². The largest absolute Gasteiger partial charge is 0.491 e. The van der Waals surface area contributed by atoms with Gasteiger partial charge in [-0.05, 0) is 54.8 Å². The van der Waals surface area contributed by atoms with Gasteiger partial charge in [0, 0.05) is 53.2 Å². The lowest BCUT2D eigenvalue weighted by atomic mass is 10.0. The van der Waals surface area contributed by atoms with E-state index < -0.39 is 23.8 Å². The number of nitrogens with zero attached hydrogens (tertiary/aromatic N) is 5. The number of imide groups is 1. The highest BCUT2D eigenvalue weighted by atomic mass is 16.6. The molecule has 1 fully saturated rings. The van der Waals surface area contributed by atoms with Gasteiger partial charge in [0.1, 0.15) is 36.6 Å². The van der Waals surface area contributed by atoms with Crippen LogP contribution in [0, 0.1) is 11.3 Å². The molecule has 2 aliphatic heterocycles. The molecule has 15 heteroatoms. The molecule has 15 nitrogen and oxygen atoms in total. The van der Waals surface area contributed by atoms with Gasteiger partial charge in [-0.25, -0.2) is 4.98 Å². The van der Waals surface area contributed by atoms with Crippen molar-refractivity contribution in [2.45, 2.75) is 18.9 Å². The third-order valence-corrected chi connectivity index (χ3v) is 9.72. The number of allylic oxidation sites excluding steroid dienone is 1. The average Bonchev–Trinajstić information content (AvgIpc) is 3.65. The van der Waals surface area contributed by atoms with Gasteiger partial charge in [0.2, 0.25) is 11.8 Å². The van der Waals surface area contributed by atoms with Crippen LogP contribution in [0.4, 0.5) is 0 Å². The van der Waals surface area contributed by atoms with Gasteiger partial charge in [0.05, 0.1) is 69.5 Å². The molecule has 0 bridgehead atoms. The molecule has 0 radical (unpaired) electrons. The lowest BCUT2D eigenvalue weighted by molar-refractivity contribution is -0.125. The number of ether oxygens (including phenoxy) is 6. The lowest BCUT2D eigenvalue weighted by Gasteiger charge is -2.29. The highest BCUT2D eigenvalue weighted by Gasteiger charge is 2.44. The van der Waals surface area contributed by atoms with Crippen LogP contribution in [0.2, 0.25) is 0 Å². The average molecular weight is 775 g/mol. The third kappa shape index (κ3) is 8.79. The highest BCUT2D eigenvalue weighted by Crippen LogP contribution is 2.33. The van der Waals surface area contributed by atoms with Crippen molar-refractivity contribution in [3.63, 3.8) is 0 Å². The van der Waals surface area contributed by atoms with Crippen LogP contribution >= 0.6 is 0 Å². The second kappa shape index (κ2) is 18.2. The van der Waals surface area contributed by atoms with Gasteiger partial charge in [0.15, 0.2) is 0 Å². The van der Waals surface area contributed by atoms with Crippen molar-refractivity contribution in [2.75, 3.05) is 66.1 Å². The second-order valence-electron chi connectivity index (χ2n) is 13.4. The van der Waals surface area contributed by atoms with Crippen molar-refractivity contribution in [3.05, 3.63) is 96.1 Å². The minimum Gasteiger partial charge on any atom is -0.491 e. The van der Waals surface area contributed by atoms with E-state index in [1.165, 1.54) is 6.07 Å². The van der Waals surface area contributed by atoms with Gasteiger partial charge < -0.3 is 38.3 Å². The molecular weight excluding hydrogens is 732 g/mol. The summed E-state index contributed by atoms with van der Waals surface area (Å²) in [6.45, 7) is 7.10. The summed E-state index contributed by atoms with van der Waals surface area (Å²) in [5.41, 5.74) is 5.32. The molecule has 1 atom stereocenters. The molecule has 3 aromatic heterocycles. The minimum absolute atomic E-state index is 0.211. The molecular formula is C42H42N6O9. The fourth-order valence-corrected chi connectivity index (χ4v) is 6.84. The van der Waals surface area contributed by atoms with Crippen LogP contribution in [0.15, 0.2) is 79.4 Å². The number of amides is 3. The Labute approximate surface area is 328 Å².